The molecule has 1 saturated carbocycles. The van der Waals surface area contributed by atoms with Gasteiger partial charge in [-0.3, -0.25) is 9.59 Å². The maximum absolute atomic E-state index is 12.8. The lowest BCUT2D eigenvalue weighted by atomic mass is 9.74. The first-order valence-electron chi connectivity index (χ1n) is 10.0. The second kappa shape index (κ2) is 6.90. The SMILES string of the molecule is CC1(C)CC(CC(=O)N2CCN(C(=O)C3CCC3)CC2)CC(C)(C)N1. The third-order valence-corrected chi connectivity index (χ3v) is 6.14. The zero-order valence-electron chi connectivity index (χ0n) is 16.4. The van der Waals surface area contributed by atoms with Gasteiger partial charge >= 0.3 is 0 Å². The fraction of sp³-hybridized carbons (Fsp3) is 0.900. The molecule has 1 aliphatic carbocycles. The van der Waals surface area contributed by atoms with Gasteiger partial charge in [0.1, 0.15) is 0 Å². The van der Waals surface area contributed by atoms with Crippen molar-refractivity contribution in [2.75, 3.05) is 26.2 Å². The van der Waals surface area contributed by atoms with Crippen molar-refractivity contribution in [3.05, 3.63) is 0 Å². The molecule has 1 N–H and O–H groups in total. The lowest BCUT2D eigenvalue weighted by Gasteiger charge is -2.47. The van der Waals surface area contributed by atoms with E-state index in [1.807, 2.05) is 9.80 Å². The van der Waals surface area contributed by atoms with Gasteiger partial charge in [-0.15, -0.1) is 0 Å². The molecule has 3 fully saturated rings. The van der Waals surface area contributed by atoms with Gasteiger partial charge in [0, 0.05) is 49.6 Å². The van der Waals surface area contributed by atoms with E-state index in [0.29, 0.717) is 44.4 Å². The van der Waals surface area contributed by atoms with Crippen LogP contribution in [-0.4, -0.2) is 58.9 Å². The third kappa shape index (κ3) is 4.55. The smallest absolute Gasteiger partial charge is 0.225 e. The van der Waals surface area contributed by atoms with Crippen LogP contribution in [0.25, 0.3) is 0 Å². The summed E-state index contributed by atoms with van der Waals surface area (Å²) < 4.78 is 0. The molecule has 0 atom stereocenters. The first-order valence-corrected chi connectivity index (χ1v) is 10.0. The molecule has 142 valence electrons. The van der Waals surface area contributed by atoms with Crippen molar-refractivity contribution >= 4 is 11.8 Å². The first-order chi connectivity index (χ1) is 11.7. The zero-order valence-corrected chi connectivity index (χ0v) is 16.4. The zero-order chi connectivity index (χ0) is 18.2. The number of hydrogen-bond donors (Lipinski definition) is 1. The number of piperidine rings is 1. The molecule has 3 rings (SSSR count). The van der Waals surface area contributed by atoms with E-state index in [-0.39, 0.29) is 22.9 Å². The van der Waals surface area contributed by atoms with E-state index in [9.17, 15) is 9.59 Å². The van der Waals surface area contributed by atoms with Crippen molar-refractivity contribution in [1.82, 2.24) is 15.1 Å². The van der Waals surface area contributed by atoms with Crippen LogP contribution in [0.1, 0.15) is 66.2 Å². The highest BCUT2D eigenvalue weighted by Gasteiger charge is 2.39. The summed E-state index contributed by atoms with van der Waals surface area (Å²) in [6.07, 6.45) is 6.03. The summed E-state index contributed by atoms with van der Waals surface area (Å²) in [5, 5.41) is 3.69. The third-order valence-electron chi connectivity index (χ3n) is 6.14. The van der Waals surface area contributed by atoms with Gasteiger partial charge in [0.2, 0.25) is 11.8 Å². The fourth-order valence-electron chi connectivity index (χ4n) is 5.14. The van der Waals surface area contributed by atoms with E-state index in [1.165, 1.54) is 6.42 Å². The topological polar surface area (TPSA) is 52.7 Å². The van der Waals surface area contributed by atoms with Crippen molar-refractivity contribution in [1.29, 1.82) is 0 Å². The molecule has 0 bridgehead atoms. The van der Waals surface area contributed by atoms with Crippen LogP contribution in [0.3, 0.4) is 0 Å². The van der Waals surface area contributed by atoms with Gasteiger partial charge in [-0.1, -0.05) is 6.42 Å². The number of hydrogen-bond acceptors (Lipinski definition) is 3. The molecule has 2 heterocycles. The predicted molar refractivity (Wildman–Crippen MR) is 99.1 cm³/mol. The molecule has 0 radical (unpaired) electrons. The molecular weight excluding hydrogens is 314 g/mol. The second-order valence-electron chi connectivity index (χ2n) is 9.71. The molecule has 0 aromatic carbocycles. The first kappa shape index (κ1) is 18.7. The Labute approximate surface area is 152 Å². The summed E-state index contributed by atoms with van der Waals surface area (Å²) >= 11 is 0. The van der Waals surface area contributed by atoms with Crippen LogP contribution >= 0.6 is 0 Å². The largest absolute Gasteiger partial charge is 0.339 e. The van der Waals surface area contributed by atoms with E-state index < -0.39 is 0 Å². The molecule has 5 heteroatoms. The number of nitrogens with zero attached hydrogens (tertiary/aromatic N) is 2. The molecule has 2 saturated heterocycles. The molecule has 2 aliphatic heterocycles. The number of amides is 2. The van der Waals surface area contributed by atoms with Crippen LogP contribution in [0.5, 0.6) is 0 Å². The summed E-state index contributed by atoms with van der Waals surface area (Å²) in [5.41, 5.74) is 0.168. The Bertz CT molecular complexity index is 501. The van der Waals surface area contributed by atoms with Crippen molar-refractivity contribution in [3.8, 4) is 0 Å². The summed E-state index contributed by atoms with van der Waals surface area (Å²) in [6, 6.07) is 0. The summed E-state index contributed by atoms with van der Waals surface area (Å²) in [4.78, 5) is 29.1. The maximum atomic E-state index is 12.8. The fourth-order valence-corrected chi connectivity index (χ4v) is 5.14. The molecular formula is C20H35N3O2. The average molecular weight is 350 g/mol. The van der Waals surface area contributed by atoms with Crippen LogP contribution in [-0.2, 0) is 9.59 Å². The summed E-state index contributed by atoms with van der Waals surface area (Å²) in [5.74, 6) is 1.30. The summed E-state index contributed by atoms with van der Waals surface area (Å²) in [7, 11) is 0. The number of piperazine rings is 1. The summed E-state index contributed by atoms with van der Waals surface area (Å²) in [6.45, 7) is 11.8. The Hall–Kier alpha value is -1.10. The molecule has 3 aliphatic rings. The van der Waals surface area contributed by atoms with Gasteiger partial charge in [0.25, 0.3) is 0 Å². The van der Waals surface area contributed by atoms with Gasteiger partial charge in [0.05, 0.1) is 0 Å². The predicted octanol–water partition coefficient (Wildman–Crippen LogP) is 2.40. The van der Waals surface area contributed by atoms with E-state index in [2.05, 4.69) is 33.0 Å². The van der Waals surface area contributed by atoms with Crippen molar-refractivity contribution < 1.29 is 9.59 Å². The van der Waals surface area contributed by atoms with E-state index in [4.69, 9.17) is 0 Å². The molecule has 25 heavy (non-hydrogen) atoms. The number of rotatable bonds is 3. The molecule has 0 spiro atoms. The van der Waals surface area contributed by atoms with Crippen LogP contribution in [0, 0.1) is 11.8 Å². The van der Waals surface area contributed by atoms with E-state index in [1.54, 1.807) is 0 Å². The lowest BCUT2D eigenvalue weighted by molar-refractivity contribution is -0.144. The highest BCUT2D eigenvalue weighted by atomic mass is 16.2. The number of carbonyl (C=O) groups excluding carboxylic acids is 2. The van der Waals surface area contributed by atoms with Crippen molar-refractivity contribution in [3.63, 3.8) is 0 Å². The Balaban J connectivity index is 1.48. The molecule has 5 nitrogen and oxygen atoms in total. The Morgan fingerprint density at radius 2 is 1.44 bits per heavy atom. The van der Waals surface area contributed by atoms with E-state index >= 15 is 0 Å². The number of nitrogens with one attached hydrogen (secondary N) is 1. The van der Waals surface area contributed by atoms with E-state index in [0.717, 1.165) is 25.7 Å². The standard InChI is InChI=1S/C20H35N3O2/c1-19(2)13-15(14-20(3,4)21-19)12-17(24)22-8-10-23(11-9-22)18(25)16-6-5-7-16/h15-16,21H,5-14H2,1-4H3. The average Bonchev–Trinajstić information content (AvgIpc) is 2.42. The highest BCUT2D eigenvalue weighted by Crippen LogP contribution is 2.35. The van der Waals surface area contributed by atoms with Crippen molar-refractivity contribution in [2.45, 2.75) is 77.3 Å². The minimum Gasteiger partial charge on any atom is -0.339 e. The molecule has 0 unspecified atom stereocenters. The quantitative estimate of drug-likeness (QED) is 0.851. The maximum Gasteiger partial charge on any atom is 0.225 e. The minimum absolute atomic E-state index is 0.0839. The van der Waals surface area contributed by atoms with Gasteiger partial charge in [0.15, 0.2) is 0 Å². The molecule has 0 aromatic rings. The Morgan fingerprint density at radius 1 is 0.920 bits per heavy atom. The van der Waals surface area contributed by atoms with Gasteiger partial charge in [-0.05, 0) is 59.3 Å². The van der Waals surface area contributed by atoms with Crippen LogP contribution < -0.4 is 5.32 Å². The Kier molecular flexibility index (Phi) is 5.16. The van der Waals surface area contributed by atoms with Crippen LogP contribution in [0.4, 0.5) is 0 Å². The van der Waals surface area contributed by atoms with Crippen LogP contribution in [0.15, 0.2) is 0 Å². The Morgan fingerprint density at radius 3 is 1.92 bits per heavy atom. The van der Waals surface area contributed by atoms with Gasteiger partial charge in [-0.25, -0.2) is 0 Å². The number of carbonyl (C=O) groups is 2. The minimum atomic E-state index is 0.0839. The highest BCUT2D eigenvalue weighted by molar-refractivity contribution is 5.80. The van der Waals surface area contributed by atoms with Crippen molar-refractivity contribution in [2.24, 2.45) is 11.8 Å². The van der Waals surface area contributed by atoms with Gasteiger partial charge in [-0.2, -0.15) is 0 Å². The monoisotopic (exact) mass is 349 g/mol. The molecule has 0 aromatic heterocycles. The molecule has 2 amide bonds. The van der Waals surface area contributed by atoms with Gasteiger partial charge < -0.3 is 15.1 Å². The van der Waals surface area contributed by atoms with Crippen LogP contribution in [0.2, 0.25) is 0 Å². The normalized spacial score (nSPS) is 27.0. The second-order valence-corrected chi connectivity index (χ2v) is 9.71. The lowest BCUT2D eigenvalue weighted by Crippen LogP contribution is -2.58.